The van der Waals surface area contributed by atoms with Gasteiger partial charge in [-0.2, -0.15) is 11.3 Å². The first-order chi connectivity index (χ1) is 36.2. The number of rotatable bonds is 9. The number of para-hydroxylation sites is 5. The van der Waals surface area contributed by atoms with Gasteiger partial charge in [0.15, 0.2) is 0 Å². The molecule has 9 aromatic carbocycles. The van der Waals surface area contributed by atoms with Crippen molar-refractivity contribution >= 4 is 64.3 Å². The van der Waals surface area contributed by atoms with Crippen molar-refractivity contribution in [3.63, 3.8) is 0 Å². The SMILES string of the molecule is CC(C)c1cccc(C(C)C)c1-n1c(-c2[c-]cccc2)nc2ccccc21.[2H]C([2H])([2H])c1c[c-]c(-c2[n-]c3ccccc3[n+]2-c2c(C(C)C)cc(-c3ccccc3)cc2C(C)C)c2sc3cc4ccccc4cc3c12.[Ir+3]. The van der Waals surface area contributed by atoms with Crippen molar-refractivity contribution in [2.75, 3.05) is 0 Å². The third-order valence-electron chi connectivity index (χ3n) is 14.0. The standard InChI is InChI=1S/C42H35N2S.C25H25N2.Ir/c1-25(2)33-22-31(28-13-7-6-8-14-28)23-34(26(3)4)40(33)44-37-18-12-11-17-36(37)43-42(44)32-20-19-27(5)39-35-21-29-15-9-10-16-30(29)24-38(35)45-41(32)39;1-17(2)20-13-10-14-21(18(3)4)24(20)27-23-16-9-8-15-22(23)26-25(27)19-11-6-5-7-12-19;/h6-19,21-26H,1-5H3;5-11,13-18H,1-4H3;/q2*-1;+3/i5D3;;. The molecule has 12 aromatic rings. The molecule has 4 nitrogen and oxygen atoms in total. The van der Waals surface area contributed by atoms with E-state index in [4.69, 9.17) is 14.1 Å². The monoisotopic (exact) mass is 1150 g/mol. The zero-order chi connectivity index (χ0) is 52.3. The van der Waals surface area contributed by atoms with E-state index >= 15 is 0 Å². The van der Waals surface area contributed by atoms with Crippen LogP contribution in [0.5, 0.6) is 0 Å². The first kappa shape index (κ1) is 45.9. The zero-order valence-electron chi connectivity index (χ0n) is 45.6. The van der Waals surface area contributed by atoms with E-state index in [9.17, 15) is 0 Å². The molecule has 0 atom stereocenters. The Labute approximate surface area is 452 Å². The van der Waals surface area contributed by atoms with Gasteiger partial charge < -0.3 is 9.13 Å². The molecule has 0 aliphatic carbocycles. The van der Waals surface area contributed by atoms with Crippen LogP contribution in [0.25, 0.3) is 98.3 Å². The molecule has 0 bridgehead atoms. The van der Waals surface area contributed by atoms with Crippen molar-refractivity contribution in [2.24, 2.45) is 0 Å². The Bertz CT molecular complexity index is 4020. The largest absolute Gasteiger partial charge is 3.00 e. The van der Waals surface area contributed by atoms with E-state index in [1.807, 2.05) is 36.4 Å². The van der Waals surface area contributed by atoms with Gasteiger partial charge in [-0.25, -0.2) is 0 Å². The van der Waals surface area contributed by atoms with Crippen LogP contribution in [0, 0.1) is 19.0 Å². The molecule has 0 aliphatic heterocycles. The van der Waals surface area contributed by atoms with E-state index in [2.05, 4.69) is 210 Å². The topological polar surface area (TPSA) is 35.8 Å². The van der Waals surface area contributed by atoms with Crippen LogP contribution >= 0.6 is 11.3 Å². The number of nitrogens with zero attached hydrogens (tertiary/aromatic N) is 4. The van der Waals surface area contributed by atoms with E-state index in [1.165, 1.54) is 39.1 Å². The number of fused-ring (bicyclic) bond motifs is 6. The van der Waals surface area contributed by atoms with Crippen LogP contribution in [-0.2, 0) is 20.1 Å². The van der Waals surface area contributed by atoms with Gasteiger partial charge in [0.2, 0.25) is 0 Å². The summed E-state index contributed by atoms with van der Waals surface area (Å²) in [5.41, 5.74) is 16.2. The van der Waals surface area contributed by atoms with E-state index in [0.717, 1.165) is 81.5 Å². The number of benzene rings is 9. The van der Waals surface area contributed by atoms with Crippen LogP contribution < -0.4 is 9.55 Å². The van der Waals surface area contributed by atoms with Crippen molar-refractivity contribution in [1.82, 2.24) is 14.5 Å². The molecule has 12 rings (SSSR count). The predicted molar refractivity (Wildman–Crippen MR) is 305 cm³/mol. The molecule has 6 heteroatoms. The minimum Gasteiger partial charge on any atom is -0.333 e. The van der Waals surface area contributed by atoms with Crippen LogP contribution in [-0.4, -0.2) is 9.55 Å². The van der Waals surface area contributed by atoms with Crippen LogP contribution in [0.3, 0.4) is 0 Å². The van der Waals surface area contributed by atoms with Crippen LogP contribution in [0.15, 0.2) is 176 Å². The summed E-state index contributed by atoms with van der Waals surface area (Å²) >= 11 is 1.63. The van der Waals surface area contributed by atoms with Crippen molar-refractivity contribution < 1.29 is 28.8 Å². The first-order valence-corrected chi connectivity index (χ1v) is 26.1. The fourth-order valence-corrected chi connectivity index (χ4v) is 11.7. The molecule has 0 spiro atoms. The predicted octanol–water partition coefficient (Wildman–Crippen LogP) is 18.0. The zero-order valence-corrected chi connectivity index (χ0v) is 45.8. The van der Waals surface area contributed by atoms with Gasteiger partial charge in [-0.3, -0.25) is 9.97 Å². The Kier molecular flexibility index (Phi) is 12.9. The molecule has 362 valence electrons. The number of aromatic nitrogens is 4. The van der Waals surface area contributed by atoms with Gasteiger partial charge in [0.05, 0.1) is 33.7 Å². The van der Waals surface area contributed by atoms with Crippen molar-refractivity contribution in [2.45, 2.75) is 85.9 Å². The number of aryl methyl sites for hydroxylation is 1. The molecular weight excluding hydrogens is 1090 g/mol. The average Bonchev–Trinajstić information content (AvgIpc) is 4.12. The molecule has 0 unspecified atom stereocenters. The molecule has 0 saturated carbocycles. The van der Waals surface area contributed by atoms with Gasteiger partial charge in [0, 0.05) is 20.2 Å². The summed E-state index contributed by atoms with van der Waals surface area (Å²) in [6.45, 7) is 15.8. The average molecular weight is 1150 g/mol. The quantitative estimate of drug-likeness (QED) is 0.107. The second-order valence-electron chi connectivity index (χ2n) is 20.1. The molecule has 3 aromatic heterocycles. The van der Waals surface area contributed by atoms with E-state index in [0.29, 0.717) is 17.4 Å². The molecule has 0 radical (unpaired) electrons. The van der Waals surface area contributed by atoms with Gasteiger partial charge in [-0.15, -0.1) is 53.6 Å². The second kappa shape index (κ2) is 20.5. The number of imidazole rings is 2. The third-order valence-corrected chi connectivity index (χ3v) is 15.2. The smallest absolute Gasteiger partial charge is 0.333 e. The summed E-state index contributed by atoms with van der Waals surface area (Å²) in [7, 11) is 0. The molecule has 3 heterocycles. The number of hydrogen-bond donors (Lipinski definition) is 0. The Hall–Kier alpha value is -6.95. The fraction of sp³-hybridized carbons (Fsp3) is 0.194. The van der Waals surface area contributed by atoms with Crippen molar-refractivity contribution in [3.05, 3.63) is 216 Å². The molecule has 0 saturated heterocycles. The Balaban J connectivity index is 0.000000199. The van der Waals surface area contributed by atoms with Gasteiger partial charge in [0.1, 0.15) is 0 Å². The van der Waals surface area contributed by atoms with Gasteiger partial charge in [-0.05, 0) is 126 Å². The van der Waals surface area contributed by atoms with Gasteiger partial charge >= 0.3 is 20.1 Å². The second-order valence-corrected chi connectivity index (χ2v) is 21.2. The Morgan fingerprint density at radius 1 is 0.616 bits per heavy atom. The maximum Gasteiger partial charge on any atom is 3.00 e. The van der Waals surface area contributed by atoms with Gasteiger partial charge in [0.25, 0.3) is 0 Å². The third kappa shape index (κ3) is 9.05. The maximum atomic E-state index is 8.51. The van der Waals surface area contributed by atoms with Crippen LogP contribution in [0.2, 0.25) is 0 Å². The van der Waals surface area contributed by atoms with Gasteiger partial charge in [-0.1, -0.05) is 170 Å². The molecule has 0 amide bonds. The molecule has 73 heavy (non-hydrogen) atoms. The molecule has 0 fully saturated rings. The number of hydrogen-bond acceptors (Lipinski definition) is 2. The van der Waals surface area contributed by atoms with E-state index in [-0.39, 0.29) is 31.9 Å². The summed E-state index contributed by atoms with van der Waals surface area (Å²) in [5.74, 6) is 3.03. The van der Waals surface area contributed by atoms with E-state index in [1.54, 1.807) is 17.4 Å². The van der Waals surface area contributed by atoms with Crippen LogP contribution in [0.1, 0.15) is 111 Å². The molecule has 0 N–H and O–H groups in total. The Morgan fingerprint density at radius 2 is 1.25 bits per heavy atom. The fourth-order valence-electron chi connectivity index (χ4n) is 10.4. The van der Waals surface area contributed by atoms with E-state index < -0.39 is 6.85 Å². The summed E-state index contributed by atoms with van der Waals surface area (Å²) in [6, 6.07) is 67.8. The molecular formula is C67H60IrN4S+. The Morgan fingerprint density at radius 3 is 1.92 bits per heavy atom. The maximum absolute atomic E-state index is 8.51. The number of thiophene rings is 1. The first-order valence-electron chi connectivity index (χ1n) is 26.8. The summed E-state index contributed by atoms with van der Waals surface area (Å²) in [4.78, 5) is 10.3. The molecule has 0 aliphatic rings. The van der Waals surface area contributed by atoms with Crippen molar-refractivity contribution in [3.8, 4) is 45.3 Å². The van der Waals surface area contributed by atoms with Crippen LogP contribution in [0.4, 0.5) is 0 Å². The van der Waals surface area contributed by atoms with Crippen molar-refractivity contribution in [1.29, 1.82) is 0 Å². The summed E-state index contributed by atoms with van der Waals surface area (Å²) < 4.78 is 32.1. The minimum atomic E-state index is -2.30. The minimum absolute atomic E-state index is 0. The summed E-state index contributed by atoms with van der Waals surface area (Å²) in [6.07, 6.45) is 0. The summed E-state index contributed by atoms with van der Waals surface area (Å²) in [5, 5.41) is 3.94. The normalized spacial score (nSPS) is 12.5.